The van der Waals surface area contributed by atoms with Crippen LogP contribution in [0.3, 0.4) is 0 Å². The van der Waals surface area contributed by atoms with Crippen molar-refractivity contribution in [2.75, 3.05) is 0 Å². The van der Waals surface area contributed by atoms with Gasteiger partial charge >= 0.3 is 0 Å². The Hall–Kier alpha value is -1.84. The van der Waals surface area contributed by atoms with E-state index >= 15 is 0 Å². The SMILES string of the molecule is CC(CC(O)c1ccccc1)NC(=O)Cc1ccc(Cl)cc1. The van der Waals surface area contributed by atoms with Crippen LogP contribution in [0.5, 0.6) is 0 Å². The minimum Gasteiger partial charge on any atom is -0.388 e. The molecule has 0 heterocycles. The van der Waals surface area contributed by atoms with Gasteiger partial charge in [0.1, 0.15) is 0 Å². The van der Waals surface area contributed by atoms with E-state index in [1.165, 1.54) is 0 Å². The maximum atomic E-state index is 12.0. The normalized spacial score (nSPS) is 13.4. The number of hydrogen-bond donors (Lipinski definition) is 2. The smallest absolute Gasteiger partial charge is 0.224 e. The minimum absolute atomic E-state index is 0.0601. The van der Waals surface area contributed by atoms with Crippen molar-refractivity contribution >= 4 is 17.5 Å². The lowest BCUT2D eigenvalue weighted by molar-refractivity contribution is -0.121. The van der Waals surface area contributed by atoms with Crippen molar-refractivity contribution in [3.05, 3.63) is 70.7 Å². The van der Waals surface area contributed by atoms with Crippen LogP contribution in [0.25, 0.3) is 0 Å². The fourth-order valence-corrected chi connectivity index (χ4v) is 2.44. The predicted octanol–water partition coefficient (Wildman–Crippen LogP) is 3.51. The Balaban J connectivity index is 1.82. The molecule has 0 fully saturated rings. The van der Waals surface area contributed by atoms with Gasteiger partial charge in [0.2, 0.25) is 5.91 Å². The Morgan fingerprint density at radius 1 is 1.14 bits per heavy atom. The van der Waals surface area contributed by atoms with E-state index < -0.39 is 6.10 Å². The third-order valence-corrected chi connectivity index (χ3v) is 3.70. The van der Waals surface area contributed by atoms with Crippen LogP contribution in [0.2, 0.25) is 5.02 Å². The molecular weight excluding hydrogens is 298 g/mol. The highest BCUT2D eigenvalue weighted by Crippen LogP contribution is 2.17. The summed E-state index contributed by atoms with van der Waals surface area (Å²) < 4.78 is 0. The lowest BCUT2D eigenvalue weighted by Gasteiger charge is -2.18. The zero-order valence-corrected chi connectivity index (χ0v) is 13.3. The number of amides is 1. The molecule has 1 amide bonds. The topological polar surface area (TPSA) is 49.3 Å². The molecule has 0 bridgehead atoms. The molecule has 0 aromatic heterocycles. The third kappa shape index (κ3) is 5.17. The summed E-state index contributed by atoms with van der Waals surface area (Å²) in [5.41, 5.74) is 1.78. The molecule has 2 unspecified atom stereocenters. The number of benzene rings is 2. The van der Waals surface area contributed by atoms with E-state index in [-0.39, 0.29) is 11.9 Å². The van der Waals surface area contributed by atoms with Crippen molar-refractivity contribution in [2.45, 2.75) is 31.9 Å². The van der Waals surface area contributed by atoms with Crippen LogP contribution in [-0.4, -0.2) is 17.1 Å². The highest BCUT2D eigenvalue weighted by Gasteiger charge is 2.14. The second-order valence-electron chi connectivity index (χ2n) is 5.43. The van der Waals surface area contributed by atoms with Gasteiger partial charge in [-0.05, 0) is 36.6 Å². The lowest BCUT2D eigenvalue weighted by atomic mass is 10.0. The fourth-order valence-electron chi connectivity index (χ4n) is 2.32. The van der Waals surface area contributed by atoms with Crippen molar-refractivity contribution in [2.24, 2.45) is 0 Å². The van der Waals surface area contributed by atoms with E-state index in [0.717, 1.165) is 11.1 Å². The summed E-state index contributed by atoms with van der Waals surface area (Å²) >= 11 is 5.82. The zero-order chi connectivity index (χ0) is 15.9. The number of aliphatic hydroxyl groups is 1. The van der Waals surface area contributed by atoms with Crippen LogP contribution in [0, 0.1) is 0 Å². The maximum Gasteiger partial charge on any atom is 0.224 e. The number of carbonyl (C=O) groups is 1. The fraction of sp³-hybridized carbons (Fsp3) is 0.278. The lowest BCUT2D eigenvalue weighted by Crippen LogP contribution is -2.34. The average Bonchev–Trinajstić information content (AvgIpc) is 2.50. The largest absolute Gasteiger partial charge is 0.388 e. The molecule has 0 spiro atoms. The van der Waals surface area contributed by atoms with Crippen LogP contribution in [0.1, 0.15) is 30.6 Å². The van der Waals surface area contributed by atoms with Gasteiger partial charge in [-0.3, -0.25) is 4.79 Å². The number of nitrogens with one attached hydrogen (secondary N) is 1. The molecule has 2 aromatic carbocycles. The Bertz CT molecular complexity index is 598. The highest BCUT2D eigenvalue weighted by molar-refractivity contribution is 6.30. The zero-order valence-electron chi connectivity index (χ0n) is 12.5. The molecule has 0 aliphatic heterocycles. The molecule has 4 heteroatoms. The number of carbonyl (C=O) groups excluding carboxylic acids is 1. The van der Waals surface area contributed by atoms with Gasteiger partial charge in [-0.1, -0.05) is 54.1 Å². The van der Waals surface area contributed by atoms with Crippen LogP contribution in [0.15, 0.2) is 54.6 Å². The summed E-state index contributed by atoms with van der Waals surface area (Å²) in [6.07, 6.45) is 0.214. The number of aliphatic hydroxyl groups excluding tert-OH is 1. The molecule has 22 heavy (non-hydrogen) atoms. The Morgan fingerprint density at radius 2 is 1.77 bits per heavy atom. The Morgan fingerprint density at radius 3 is 2.41 bits per heavy atom. The van der Waals surface area contributed by atoms with Crippen molar-refractivity contribution in [1.82, 2.24) is 5.32 Å². The van der Waals surface area contributed by atoms with Crippen molar-refractivity contribution < 1.29 is 9.90 Å². The summed E-state index contributed by atoms with van der Waals surface area (Å²) in [5.74, 6) is -0.0601. The summed E-state index contributed by atoms with van der Waals surface area (Å²) in [6.45, 7) is 1.89. The minimum atomic E-state index is -0.577. The van der Waals surface area contributed by atoms with Gasteiger partial charge in [0.25, 0.3) is 0 Å². The maximum absolute atomic E-state index is 12.0. The molecule has 2 rings (SSSR count). The number of hydrogen-bond acceptors (Lipinski definition) is 2. The average molecular weight is 318 g/mol. The second kappa shape index (κ2) is 7.97. The van der Waals surface area contributed by atoms with Crippen LogP contribution in [0.4, 0.5) is 0 Å². The summed E-state index contributed by atoms with van der Waals surface area (Å²) in [5, 5.41) is 13.7. The Labute approximate surface area is 135 Å². The molecule has 3 nitrogen and oxygen atoms in total. The molecule has 2 N–H and O–H groups in total. The molecule has 0 aliphatic carbocycles. The first-order valence-corrected chi connectivity index (χ1v) is 7.69. The first-order valence-electron chi connectivity index (χ1n) is 7.31. The van der Waals surface area contributed by atoms with Crippen LogP contribution in [-0.2, 0) is 11.2 Å². The van der Waals surface area contributed by atoms with E-state index in [9.17, 15) is 9.90 Å². The van der Waals surface area contributed by atoms with E-state index in [1.54, 1.807) is 12.1 Å². The van der Waals surface area contributed by atoms with Gasteiger partial charge in [0, 0.05) is 11.1 Å². The molecule has 0 aliphatic rings. The van der Waals surface area contributed by atoms with E-state index in [1.807, 2.05) is 49.4 Å². The standard InChI is InChI=1S/C18H20ClNO2/c1-13(11-17(21)15-5-3-2-4-6-15)20-18(22)12-14-7-9-16(19)10-8-14/h2-10,13,17,21H,11-12H2,1H3,(H,20,22). The molecule has 0 saturated carbocycles. The monoisotopic (exact) mass is 317 g/mol. The first-order chi connectivity index (χ1) is 10.5. The van der Waals surface area contributed by atoms with E-state index in [4.69, 9.17) is 11.6 Å². The van der Waals surface area contributed by atoms with Gasteiger partial charge in [-0.15, -0.1) is 0 Å². The highest BCUT2D eigenvalue weighted by atomic mass is 35.5. The van der Waals surface area contributed by atoms with Crippen molar-refractivity contribution in [3.63, 3.8) is 0 Å². The summed E-state index contributed by atoms with van der Waals surface area (Å²) in [6, 6.07) is 16.6. The molecule has 0 saturated heterocycles. The third-order valence-electron chi connectivity index (χ3n) is 3.45. The van der Waals surface area contributed by atoms with Crippen molar-refractivity contribution in [1.29, 1.82) is 0 Å². The quantitative estimate of drug-likeness (QED) is 0.856. The Kier molecular flexibility index (Phi) is 5.99. The van der Waals surface area contributed by atoms with Crippen LogP contribution >= 0.6 is 11.6 Å². The first kappa shape index (κ1) is 16.5. The molecule has 0 radical (unpaired) electrons. The van der Waals surface area contributed by atoms with E-state index in [2.05, 4.69) is 5.32 Å². The predicted molar refractivity (Wildman–Crippen MR) is 88.8 cm³/mol. The number of halogens is 1. The molecule has 2 aromatic rings. The van der Waals surface area contributed by atoms with Gasteiger partial charge in [-0.2, -0.15) is 0 Å². The van der Waals surface area contributed by atoms with Gasteiger partial charge < -0.3 is 10.4 Å². The molecular formula is C18H20ClNO2. The van der Waals surface area contributed by atoms with Crippen molar-refractivity contribution in [3.8, 4) is 0 Å². The summed E-state index contributed by atoms with van der Waals surface area (Å²) in [4.78, 5) is 12.0. The molecule has 2 atom stereocenters. The van der Waals surface area contributed by atoms with Gasteiger partial charge in [-0.25, -0.2) is 0 Å². The van der Waals surface area contributed by atoms with Crippen LogP contribution < -0.4 is 5.32 Å². The number of rotatable bonds is 6. The van der Waals surface area contributed by atoms with Gasteiger partial charge in [0.15, 0.2) is 0 Å². The summed E-state index contributed by atoms with van der Waals surface area (Å²) in [7, 11) is 0. The molecule has 116 valence electrons. The second-order valence-corrected chi connectivity index (χ2v) is 5.87. The van der Waals surface area contributed by atoms with Gasteiger partial charge in [0.05, 0.1) is 12.5 Å². The van der Waals surface area contributed by atoms with E-state index in [0.29, 0.717) is 17.9 Å².